The van der Waals surface area contributed by atoms with Crippen LogP contribution >= 0.6 is 0 Å². The lowest BCUT2D eigenvalue weighted by atomic mass is 9.84. The second kappa shape index (κ2) is 13.7. The number of ether oxygens (including phenoxy) is 3. The second-order valence-electron chi connectivity index (χ2n) is 18.2. The van der Waals surface area contributed by atoms with Crippen LogP contribution in [-0.4, -0.2) is 95.1 Å². The van der Waals surface area contributed by atoms with E-state index in [4.69, 9.17) is 14.2 Å². The van der Waals surface area contributed by atoms with Gasteiger partial charge in [0, 0.05) is 15.6 Å². The van der Waals surface area contributed by atoms with E-state index in [9.17, 15) is 31.2 Å². The first-order valence-electron chi connectivity index (χ1n) is 19.3. The van der Waals surface area contributed by atoms with Gasteiger partial charge in [-0.05, 0) is 138 Å². The molecule has 0 aliphatic carbocycles. The van der Waals surface area contributed by atoms with Crippen molar-refractivity contribution >= 4 is 17.5 Å². The summed E-state index contributed by atoms with van der Waals surface area (Å²) in [6.45, 7) is 20.3. The highest BCUT2D eigenvalue weighted by molar-refractivity contribution is 5.97. The zero-order valence-corrected chi connectivity index (χ0v) is 35.6. The van der Waals surface area contributed by atoms with Gasteiger partial charge in [0.15, 0.2) is 16.6 Å². The SMILES string of the molecule is CC1(C)N([O])C(c2cccc(Oc3nc(Oc4cccc(C5=[N+]([O-])C(C)(C)C(C)(C)N5[O])c4)nc(Oc4cccc(C5=[N+]([O-])C(C)(C)C(C)(C)N5[O])c4)n3)c2)=[N+]([O-])C1(C)C. The molecule has 0 N–H and O–H groups in total. The monoisotopic (exact) mass is 822 g/mol. The van der Waals surface area contributed by atoms with E-state index in [-0.39, 0.29) is 69.5 Å². The molecular formula is C42H48N9O9. The predicted molar refractivity (Wildman–Crippen MR) is 215 cm³/mol. The molecule has 3 aliphatic heterocycles. The third-order valence-electron chi connectivity index (χ3n) is 13.2. The minimum atomic E-state index is -1.05. The number of amidine groups is 3. The Labute approximate surface area is 347 Å². The average Bonchev–Trinajstić information content (AvgIpc) is 3.44. The molecule has 0 amide bonds. The maximum atomic E-state index is 13.4. The Balaban J connectivity index is 1.26. The van der Waals surface area contributed by atoms with E-state index < -0.39 is 33.2 Å². The number of hydrogen-bond acceptors (Lipinski definition) is 12. The summed E-state index contributed by atoms with van der Waals surface area (Å²) >= 11 is 0. The van der Waals surface area contributed by atoms with Gasteiger partial charge in [-0.25, -0.2) is 0 Å². The van der Waals surface area contributed by atoms with Crippen LogP contribution in [-0.2, 0) is 15.6 Å². The van der Waals surface area contributed by atoms with Gasteiger partial charge in [0.1, 0.15) is 33.9 Å². The van der Waals surface area contributed by atoms with Crippen molar-refractivity contribution in [2.45, 2.75) is 116 Å². The molecule has 3 aliphatic rings. The Kier molecular flexibility index (Phi) is 9.53. The molecule has 315 valence electrons. The Morgan fingerprint density at radius 1 is 0.433 bits per heavy atom. The van der Waals surface area contributed by atoms with E-state index in [2.05, 4.69) is 15.0 Å². The smallest absolute Gasteiger partial charge is 0.331 e. The fraction of sp³-hybridized carbons (Fsp3) is 0.429. The first-order chi connectivity index (χ1) is 27.7. The van der Waals surface area contributed by atoms with Gasteiger partial charge in [0.2, 0.25) is 0 Å². The molecule has 0 fully saturated rings. The third-order valence-corrected chi connectivity index (χ3v) is 13.2. The Bertz CT molecular complexity index is 2210. The summed E-state index contributed by atoms with van der Waals surface area (Å²) < 4.78 is 20.3. The molecule has 60 heavy (non-hydrogen) atoms. The van der Waals surface area contributed by atoms with E-state index in [1.807, 2.05) is 0 Å². The molecule has 0 bridgehead atoms. The van der Waals surface area contributed by atoms with Crippen molar-refractivity contribution in [2.24, 2.45) is 0 Å². The molecule has 3 radical (unpaired) electrons. The highest BCUT2D eigenvalue weighted by atomic mass is 16.6. The molecule has 0 unspecified atom stereocenters. The minimum Gasteiger partial charge on any atom is -0.714 e. The molecule has 18 heteroatoms. The largest absolute Gasteiger partial charge is 0.714 e. The quantitative estimate of drug-likeness (QED) is 0.128. The molecule has 4 heterocycles. The van der Waals surface area contributed by atoms with Crippen molar-refractivity contribution in [3.8, 4) is 35.3 Å². The van der Waals surface area contributed by atoms with Crippen LogP contribution in [0.5, 0.6) is 35.3 Å². The Morgan fingerprint density at radius 2 is 0.667 bits per heavy atom. The number of benzene rings is 3. The molecule has 1 aromatic heterocycles. The molecular weight excluding hydrogens is 775 g/mol. The average molecular weight is 823 g/mol. The van der Waals surface area contributed by atoms with Gasteiger partial charge >= 0.3 is 35.5 Å². The normalized spacial score (nSPS) is 20.9. The summed E-state index contributed by atoms with van der Waals surface area (Å²) in [5, 5.41) is 82.6. The molecule has 3 aromatic carbocycles. The first kappa shape index (κ1) is 41.9. The summed E-state index contributed by atoms with van der Waals surface area (Å²) in [5.74, 6) is 0.163. The van der Waals surface area contributed by atoms with E-state index >= 15 is 0 Å². The lowest BCUT2D eigenvalue weighted by Crippen LogP contribution is -2.53. The topological polar surface area (TPSA) is 214 Å². The van der Waals surface area contributed by atoms with Crippen LogP contribution in [0.25, 0.3) is 0 Å². The molecule has 4 aromatic rings. The zero-order valence-electron chi connectivity index (χ0n) is 35.6. The maximum absolute atomic E-state index is 13.4. The fourth-order valence-corrected chi connectivity index (χ4v) is 6.90. The number of nitrogens with zero attached hydrogens (tertiary/aromatic N) is 9. The predicted octanol–water partition coefficient (Wildman–Crippen LogP) is 6.67. The van der Waals surface area contributed by atoms with Crippen LogP contribution in [0.1, 0.15) is 99.8 Å². The molecule has 0 spiro atoms. The van der Waals surface area contributed by atoms with Crippen molar-refractivity contribution in [3.63, 3.8) is 0 Å². The van der Waals surface area contributed by atoms with Crippen LogP contribution in [0.4, 0.5) is 0 Å². The van der Waals surface area contributed by atoms with Crippen molar-refractivity contribution in [2.75, 3.05) is 0 Å². The summed E-state index contributed by atoms with van der Waals surface area (Å²) in [5.41, 5.74) is -5.44. The standard InChI is InChI=1S/C42H48N9O9/c1-37(2)38(3,4)47(53)31(46(37)52)25-16-13-19-28(22-25)58-34-43-35(59-29-20-14-17-26(23-29)32-48(54)39(5,6)40(7,8)49(32)55)45-36(44-34)60-30-21-15-18-27(24-30)33-50(56)41(9,10)42(11,12)51(33)57/h13-24H,1-12H3. The number of hydrogen-bond donors (Lipinski definition) is 0. The highest BCUT2D eigenvalue weighted by Gasteiger charge is 2.62. The van der Waals surface area contributed by atoms with Crippen LogP contribution in [0.3, 0.4) is 0 Å². The molecule has 0 saturated carbocycles. The maximum Gasteiger partial charge on any atom is 0.331 e. The highest BCUT2D eigenvalue weighted by Crippen LogP contribution is 2.41. The summed E-state index contributed by atoms with van der Waals surface area (Å²) in [6.07, 6.45) is 0. The van der Waals surface area contributed by atoms with Gasteiger partial charge in [-0.3, -0.25) is 14.2 Å². The van der Waals surface area contributed by atoms with Gasteiger partial charge in [-0.1, -0.05) is 33.4 Å². The first-order valence-corrected chi connectivity index (χ1v) is 19.3. The third kappa shape index (κ3) is 6.19. The Hall–Kier alpha value is -6.24. The second-order valence-corrected chi connectivity index (χ2v) is 18.2. The van der Waals surface area contributed by atoms with Crippen molar-refractivity contribution in [3.05, 3.63) is 105 Å². The minimum absolute atomic E-state index is 0.0979. The van der Waals surface area contributed by atoms with E-state index in [0.29, 0.717) is 29.4 Å². The van der Waals surface area contributed by atoms with E-state index in [0.717, 1.165) is 0 Å². The van der Waals surface area contributed by atoms with Gasteiger partial charge in [0.25, 0.3) is 0 Å². The molecule has 18 nitrogen and oxygen atoms in total. The van der Waals surface area contributed by atoms with Gasteiger partial charge in [0.05, 0.1) is 16.7 Å². The lowest BCUT2D eigenvalue weighted by molar-refractivity contribution is -0.539. The summed E-state index contributed by atoms with van der Waals surface area (Å²) in [6, 6.07) is 17.9. The number of aromatic nitrogens is 3. The summed E-state index contributed by atoms with van der Waals surface area (Å²) in [4.78, 5) is 13.1. The number of rotatable bonds is 9. The van der Waals surface area contributed by atoms with Crippen molar-refractivity contribution in [1.82, 2.24) is 30.1 Å². The van der Waals surface area contributed by atoms with Crippen LogP contribution in [0.15, 0.2) is 72.8 Å². The zero-order chi connectivity index (χ0) is 44.1. The summed E-state index contributed by atoms with van der Waals surface area (Å²) in [7, 11) is 0. The van der Waals surface area contributed by atoms with Crippen LogP contribution < -0.4 is 14.2 Å². The molecule has 0 atom stereocenters. The lowest BCUT2D eigenvalue weighted by Gasteiger charge is -2.32. The van der Waals surface area contributed by atoms with E-state index in [1.165, 1.54) is 18.2 Å². The number of hydroxylamine groups is 9. The van der Waals surface area contributed by atoms with Crippen molar-refractivity contribution < 1.29 is 44.0 Å². The van der Waals surface area contributed by atoms with Gasteiger partial charge in [-0.2, -0.15) is 0 Å². The van der Waals surface area contributed by atoms with Gasteiger partial charge < -0.3 is 29.8 Å². The fourth-order valence-electron chi connectivity index (χ4n) is 6.90. The molecule has 7 rings (SSSR count). The van der Waals surface area contributed by atoms with E-state index in [1.54, 1.807) is 138 Å². The Morgan fingerprint density at radius 3 is 0.867 bits per heavy atom. The van der Waals surface area contributed by atoms with Crippen molar-refractivity contribution in [1.29, 1.82) is 0 Å². The van der Waals surface area contributed by atoms with Gasteiger partial charge in [-0.15, -0.1) is 15.0 Å². The molecule has 0 saturated heterocycles. The van der Waals surface area contributed by atoms with Crippen LogP contribution in [0, 0.1) is 15.6 Å². The van der Waals surface area contributed by atoms with Crippen LogP contribution in [0.2, 0.25) is 0 Å².